The predicted octanol–water partition coefficient (Wildman–Crippen LogP) is 17.2. The Balaban J connectivity index is 1.15. The molecule has 0 saturated carbocycles. The second kappa shape index (κ2) is 21.3. The number of benzene rings is 7. The number of fused-ring (bicyclic) bond motifs is 4. The van der Waals surface area contributed by atoms with Crippen LogP contribution in [0.5, 0.6) is 0 Å². The highest BCUT2D eigenvalue weighted by Crippen LogP contribution is 2.61. The SMILES string of the molecule is CCCCCCc1ccc(C2(c3ccc(CCCCCC)cc3)c3cc(N(c4ccccc4)c4ccccc4)ccc3-c3sc(-c4ccc(-c5ccc(C=C(C#N)C(=O)O)cc5)c5nsnc45)cc32)cc1. The molecule has 7 aromatic carbocycles. The van der Waals surface area contributed by atoms with Crippen molar-refractivity contribution < 1.29 is 9.90 Å². The molecule has 1 aliphatic carbocycles. The fourth-order valence-corrected chi connectivity index (χ4v) is 12.3. The summed E-state index contributed by atoms with van der Waals surface area (Å²) in [7, 11) is 0. The third kappa shape index (κ3) is 9.36. The van der Waals surface area contributed by atoms with Crippen LogP contribution in [0.1, 0.15) is 104 Å². The molecule has 9 aromatic rings. The lowest BCUT2D eigenvalue weighted by atomic mass is 9.67. The van der Waals surface area contributed by atoms with Gasteiger partial charge in [0.2, 0.25) is 0 Å². The Kier molecular flexibility index (Phi) is 14.2. The third-order valence-electron chi connectivity index (χ3n) is 14.1. The van der Waals surface area contributed by atoms with Crippen molar-refractivity contribution in [2.75, 3.05) is 4.90 Å². The van der Waals surface area contributed by atoms with E-state index in [0.29, 0.717) is 5.56 Å². The van der Waals surface area contributed by atoms with Gasteiger partial charge in [-0.15, -0.1) is 11.3 Å². The summed E-state index contributed by atoms with van der Waals surface area (Å²) in [5.74, 6) is -1.25. The van der Waals surface area contributed by atoms with Gasteiger partial charge in [-0.25, -0.2) is 4.79 Å². The van der Waals surface area contributed by atoms with Crippen LogP contribution in [0.25, 0.3) is 49.1 Å². The number of carbonyl (C=O) groups is 1. The molecule has 8 heteroatoms. The predicted molar refractivity (Wildman–Crippen MR) is 295 cm³/mol. The number of hydrogen-bond acceptors (Lipinski definition) is 7. The van der Waals surface area contributed by atoms with E-state index in [1.54, 1.807) is 6.07 Å². The van der Waals surface area contributed by atoms with Crippen molar-refractivity contribution in [3.63, 3.8) is 0 Å². The zero-order chi connectivity index (χ0) is 48.7. The molecule has 0 spiro atoms. The van der Waals surface area contributed by atoms with Gasteiger partial charge in [-0.05, 0) is 124 Å². The summed E-state index contributed by atoms with van der Waals surface area (Å²) in [5.41, 5.74) is 16.6. The maximum absolute atomic E-state index is 11.5. The summed E-state index contributed by atoms with van der Waals surface area (Å²) in [6.07, 6.45) is 13.4. The molecule has 10 rings (SSSR count). The first-order chi connectivity index (χ1) is 34.9. The van der Waals surface area contributed by atoms with E-state index in [-0.39, 0.29) is 5.57 Å². The van der Waals surface area contributed by atoms with Gasteiger partial charge in [0, 0.05) is 37.9 Å². The summed E-state index contributed by atoms with van der Waals surface area (Å²) in [6.45, 7) is 4.54. The number of anilines is 3. The van der Waals surface area contributed by atoms with Gasteiger partial charge in [0.25, 0.3) is 0 Å². The molecule has 1 aliphatic rings. The van der Waals surface area contributed by atoms with Crippen molar-refractivity contribution in [1.29, 1.82) is 5.26 Å². The van der Waals surface area contributed by atoms with Crippen molar-refractivity contribution in [3.05, 3.63) is 214 Å². The average Bonchev–Trinajstić information content (AvgIpc) is 4.15. The zero-order valence-corrected chi connectivity index (χ0v) is 41.9. The third-order valence-corrected chi connectivity index (χ3v) is 15.8. The molecule has 2 aromatic heterocycles. The van der Waals surface area contributed by atoms with Crippen LogP contribution in [0.3, 0.4) is 0 Å². The Morgan fingerprint density at radius 2 is 1.15 bits per heavy atom. The molecule has 0 saturated heterocycles. The van der Waals surface area contributed by atoms with Crippen molar-refractivity contribution in [2.24, 2.45) is 0 Å². The molecular weight excluding hydrogens is 909 g/mol. The van der Waals surface area contributed by atoms with E-state index in [1.807, 2.05) is 35.6 Å². The molecule has 1 N–H and O–H groups in total. The second-order valence-corrected chi connectivity index (χ2v) is 20.2. The Hall–Kier alpha value is -7.44. The maximum Gasteiger partial charge on any atom is 0.346 e. The largest absolute Gasteiger partial charge is 0.477 e. The fourth-order valence-electron chi connectivity index (χ4n) is 10.4. The standard InChI is InChI=1S/C63H56N4O2S2/c1-3-5-7-11-17-43-25-31-48(32-26-43)63(49-33-27-44(28-34-49)18-12-8-6-4-2)56-40-52(67(50-19-13-9-14-20-50)51-21-15-10-16-22-51)35-36-54(56)61-57(63)41-58(70-61)55-38-37-53(59-60(55)66-71-65-59)46-29-23-45(24-30-46)39-47(42-64)62(68)69/h9-10,13-16,19-41H,3-8,11-12,17-18H2,1-2H3,(H,68,69). The average molecular weight is 965 g/mol. The van der Waals surface area contributed by atoms with E-state index in [0.717, 1.165) is 62.5 Å². The summed E-state index contributed by atoms with van der Waals surface area (Å²) >= 11 is 3.04. The lowest BCUT2D eigenvalue weighted by Crippen LogP contribution is -2.28. The van der Waals surface area contributed by atoms with Crippen LogP contribution in [0, 0.1) is 11.3 Å². The number of aliphatic carboxylic acids is 1. The van der Waals surface area contributed by atoms with Gasteiger partial charge in [-0.1, -0.05) is 180 Å². The number of hydrogen-bond donors (Lipinski definition) is 1. The Morgan fingerprint density at radius 3 is 1.70 bits per heavy atom. The van der Waals surface area contributed by atoms with Crippen molar-refractivity contribution >= 4 is 63.2 Å². The molecule has 6 nitrogen and oxygen atoms in total. The molecule has 0 aliphatic heterocycles. The van der Waals surface area contributed by atoms with E-state index >= 15 is 0 Å². The number of unbranched alkanes of at least 4 members (excludes halogenated alkanes) is 6. The molecule has 0 unspecified atom stereocenters. The molecule has 0 fully saturated rings. The van der Waals surface area contributed by atoms with E-state index in [4.69, 9.17) is 8.75 Å². The topological polar surface area (TPSA) is 90.1 Å². The van der Waals surface area contributed by atoms with E-state index in [9.17, 15) is 15.2 Å². The first-order valence-electron chi connectivity index (χ1n) is 25.0. The van der Waals surface area contributed by atoms with Crippen LogP contribution in [-0.2, 0) is 23.1 Å². The van der Waals surface area contributed by atoms with Gasteiger partial charge in [-0.2, -0.15) is 14.0 Å². The summed E-state index contributed by atoms with van der Waals surface area (Å²) in [5, 5.41) is 18.7. The van der Waals surface area contributed by atoms with E-state index < -0.39 is 11.4 Å². The zero-order valence-electron chi connectivity index (χ0n) is 40.3. The lowest BCUT2D eigenvalue weighted by Gasteiger charge is -2.35. The quantitative estimate of drug-likeness (QED) is 0.0493. The number of rotatable bonds is 19. The van der Waals surface area contributed by atoms with Gasteiger partial charge in [0.05, 0.1) is 17.1 Å². The maximum atomic E-state index is 11.5. The molecule has 2 heterocycles. The highest BCUT2D eigenvalue weighted by atomic mass is 32.1. The first-order valence-corrected chi connectivity index (χ1v) is 26.5. The van der Waals surface area contributed by atoms with Crippen LogP contribution in [-0.4, -0.2) is 19.8 Å². The number of para-hydroxylation sites is 2. The number of nitrogens with zero attached hydrogens (tertiary/aromatic N) is 4. The summed E-state index contributed by atoms with van der Waals surface area (Å²) < 4.78 is 9.81. The van der Waals surface area contributed by atoms with Crippen molar-refractivity contribution in [3.8, 4) is 38.1 Å². The minimum Gasteiger partial charge on any atom is -0.477 e. The van der Waals surface area contributed by atoms with Gasteiger partial charge in [0.1, 0.15) is 22.7 Å². The normalized spacial score (nSPS) is 12.7. The Labute approximate surface area is 425 Å². The number of nitriles is 1. The number of aromatic nitrogens is 2. The molecular formula is C63H56N4O2S2. The Morgan fingerprint density at radius 1 is 0.606 bits per heavy atom. The smallest absolute Gasteiger partial charge is 0.346 e. The number of carboxylic acid groups (broad SMARTS) is 1. The molecule has 352 valence electrons. The molecule has 0 radical (unpaired) electrons. The van der Waals surface area contributed by atoms with Crippen LogP contribution in [0.4, 0.5) is 17.1 Å². The monoisotopic (exact) mass is 964 g/mol. The number of aryl methyl sites for hydroxylation is 2. The second-order valence-electron chi connectivity index (χ2n) is 18.6. The summed E-state index contributed by atoms with van der Waals surface area (Å²) in [4.78, 5) is 16.3. The molecule has 0 bridgehead atoms. The van der Waals surface area contributed by atoms with Crippen molar-refractivity contribution in [1.82, 2.24) is 8.75 Å². The van der Waals surface area contributed by atoms with Crippen LogP contribution >= 0.6 is 23.1 Å². The molecule has 0 amide bonds. The molecule has 71 heavy (non-hydrogen) atoms. The van der Waals surface area contributed by atoms with Crippen LogP contribution < -0.4 is 4.90 Å². The lowest BCUT2D eigenvalue weighted by molar-refractivity contribution is -0.132. The Bertz CT molecular complexity index is 3270. The number of thiophene rings is 1. The van der Waals surface area contributed by atoms with E-state index in [2.05, 4.69) is 164 Å². The summed E-state index contributed by atoms with van der Waals surface area (Å²) in [6, 6.07) is 63.7. The fraction of sp³-hybridized carbons (Fsp3) is 0.206. The van der Waals surface area contributed by atoms with Crippen molar-refractivity contribution in [2.45, 2.75) is 83.5 Å². The van der Waals surface area contributed by atoms with E-state index in [1.165, 1.54) is 113 Å². The van der Waals surface area contributed by atoms with Gasteiger partial charge in [0.15, 0.2) is 0 Å². The minimum atomic E-state index is -1.25. The highest BCUT2D eigenvalue weighted by Gasteiger charge is 2.48. The van der Waals surface area contributed by atoms with Gasteiger partial charge >= 0.3 is 5.97 Å². The molecule has 0 atom stereocenters. The van der Waals surface area contributed by atoms with Crippen LogP contribution in [0.2, 0.25) is 0 Å². The highest BCUT2D eigenvalue weighted by molar-refractivity contribution is 7.19. The van der Waals surface area contributed by atoms with Crippen LogP contribution in [0.15, 0.2) is 175 Å². The van der Waals surface area contributed by atoms with Gasteiger partial charge < -0.3 is 10.0 Å². The van der Waals surface area contributed by atoms with Gasteiger partial charge in [-0.3, -0.25) is 0 Å². The first kappa shape index (κ1) is 47.2. The minimum absolute atomic E-state index is 0.311. The number of carboxylic acids is 1.